The third kappa shape index (κ3) is 3.70. The molecule has 126 valence electrons. The Morgan fingerprint density at radius 1 is 1.48 bits per heavy atom. The second-order valence-electron chi connectivity index (χ2n) is 5.11. The van der Waals surface area contributed by atoms with E-state index in [4.69, 9.17) is 0 Å². The third-order valence-corrected chi connectivity index (χ3v) is 4.33. The number of thiazole rings is 1. The number of carbonyl (C=O) groups excluding carboxylic acids is 1. The van der Waals surface area contributed by atoms with Crippen LogP contribution in [0.2, 0.25) is 0 Å². The van der Waals surface area contributed by atoms with Crippen molar-refractivity contribution in [3.05, 3.63) is 34.3 Å². The lowest BCUT2D eigenvalue weighted by atomic mass is 9.99. The molecule has 0 aliphatic heterocycles. The zero-order valence-electron chi connectivity index (χ0n) is 12.4. The van der Waals surface area contributed by atoms with Crippen molar-refractivity contribution >= 4 is 17.2 Å². The number of carbonyl (C=O) groups is 1. The Balaban J connectivity index is 2.19. The highest BCUT2D eigenvalue weighted by Gasteiger charge is 2.58. The zero-order valence-corrected chi connectivity index (χ0v) is 13.2. The first kappa shape index (κ1) is 17.4. The molecular weight excluding hydrogens is 333 g/mol. The average Bonchev–Trinajstić information content (AvgIpc) is 3.08. The third-order valence-electron chi connectivity index (χ3n) is 3.22. The topological polar surface area (TPSA) is 82.1 Å². The number of aryl methyl sites for hydroxylation is 1. The SMILES string of the molecule is Cc1csc([C@](O)(CC(=O)N(C)Cc2ncc[nH]2)C(F)(F)F)n1. The van der Waals surface area contributed by atoms with Crippen LogP contribution in [0, 0.1) is 6.92 Å². The van der Waals surface area contributed by atoms with Gasteiger partial charge in [-0.15, -0.1) is 11.3 Å². The van der Waals surface area contributed by atoms with Crippen molar-refractivity contribution in [3.63, 3.8) is 0 Å². The fraction of sp³-hybridized carbons (Fsp3) is 0.462. The molecule has 2 aromatic heterocycles. The van der Waals surface area contributed by atoms with Crippen molar-refractivity contribution in [2.24, 2.45) is 0 Å². The van der Waals surface area contributed by atoms with Gasteiger partial charge in [-0.25, -0.2) is 9.97 Å². The molecule has 0 unspecified atom stereocenters. The number of H-pyrrole nitrogens is 1. The van der Waals surface area contributed by atoms with Gasteiger partial charge in [0.15, 0.2) is 0 Å². The molecule has 2 N–H and O–H groups in total. The summed E-state index contributed by atoms with van der Waals surface area (Å²) in [6, 6.07) is 0. The molecule has 1 atom stereocenters. The maximum atomic E-state index is 13.3. The summed E-state index contributed by atoms with van der Waals surface area (Å²) in [6.07, 6.45) is -3.14. The molecule has 1 amide bonds. The Kier molecular flexibility index (Phi) is 4.76. The molecular formula is C13H15F3N4O2S. The number of halogens is 3. The molecule has 2 heterocycles. The molecule has 0 saturated heterocycles. The largest absolute Gasteiger partial charge is 0.424 e. The summed E-state index contributed by atoms with van der Waals surface area (Å²) in [6.45, 7) is 1.53. The first-order valence-electron chi connectivity index (χ1n) is 6.57. The molecule has 6 nitrogen and oxygen atoms in total. The van der Waals surface area contributed by atoms with E-state index in [1.54, 1.807) is 0 Å². The quantitative estimate of drug-likeness (QED) is 0.866. The minimum atomic E-state index is -5.02. The van der Waals surface area contributed by atoms with E-state index < -0.39 is 29.1 Å². The first-order chi connectivity index (χ1) is 10.6. The molecule has 0 aromatic carbocycles. The molecule has 23 heavy (non-hydrogen) atoms. The maximum Gasteiger partial charge on any atom is 0.424 e. The number of imidazole rings is 1. The maximum absolute atomic E-state index is 13.3. The fourth-order valence-corrected chi connectivity index (χ4v) is 2.81. The monoisotopic (exact) mass is 348 g/mol. The van der Waals surface area contributed by atoms with Crippen molar-refractivity contribution in [1.29, 1.82) is 0 Å². The lowest BCUT2D eigenvalue weighted by Crippen LogP contribution is -2.46. The number of aliphatic hydroxyl groups is 1. The van der Waals surface area contributed by atoms with Crippen LogP contribution < -0.4 is 0 Å². The van der Waals surface area contributed by atoms with E-state index in [1.165, 1.54) is 31.7 Å². The molecule has 0 saturated carbocycles. The second kappa shape index (κ2) is 6.28. The van der Waals surface area contributed by atoms with Crippen LogP contribution in [0.3, 0.4) is 0 Å². The lowest BCUT2D eigenvalue weighted by molar-refractivity contribution is -0.268. The van der Waals surface area contributed by atoms with Gasteiger partial charge in [0.25, 0.3) is 0 Å². The Bertz CT molecular complexity index is 671. The Morgan fingerprint density at radius 2 is 2.17 bits per heavy atom. The smallest absolute Gasteiger partial charge is 0.374 e. The van der Waals surface area contributed by atoms with Gasteiger partial charge in [-0.2, -0.15) is 13.2 Å². The zero-order chi connectivity index (χ0) is 17.3. The highest BCUT2D eigenvalue weighted by molar-refractivity contribution is 7.09. The molecule has 0 spiro atoms. The standard InChI is InChI=1S/C13H15F3N4O2S/c1-8-7-23-11(19-8)12(22,13(14,15)16)5-10(21)20(2)6-9-17-3-4-18-9/h3-4,7,22H,5-6H2,1-2H3,(H,17,18)/t12-/m1/s1. The van der Waals surface area contributed by atoms with E-state index in [9.17, 15) is 23.1 Å². The van der Waals surface area contributed by atoms with Crippen LogP contribution in [-0.4, -0.2) is 44.1 Å². The molecule has 0 aliphatic carbocycles. The van der Waals surface area contributed by atoms with Gasteiger partial charge in [-0.3, -0.25) is 4.79 Å². The molecule has 0 bridgehead atoms. The molecule has 0 aliphatic rings. The summed E-state index contributed by atoms with van der Waals surface area (Å²) < 4.78 is 40.0. The van der Waals surface area contributed by atoms with Gasteiger partial charge in [0.05, 0.1) is 13.0 Å². The van der Waals surface area contributed by atoms with Gasteiger partial charge >= 0.3 is 6.18 Å². The molecule has 0 radical (unpaired) electrons. The van der Waals surface area contributed by atoms with Gasteiger partial charge in [-0.05, 0) is 6.92 Å². The normalized spacial score (nSPS) is 14.5. The fourth-order valence-electron chi connectivity index (χ4n) is 1.89. The number of amides is 1. The minimum Gasteiger partial charge on any atom is -0.374 e. The highest BCUT2D eigenvalue weighted by atomic mass is 32.1. The lowest BCUT2D eigenvalue weighted by Gasteiger charge is -2.29. The van der Waals surface area contributed by atoms with E-state index in [1.807, 2.05) is 0 Å². The molecule has 2 aromatic rings. The number of aromatic amines is 1. The first-order valence-corrected chi connectivity index (χ1v) is 7.45. The van der Waals surface area contributed by atoms with E-state index in [0.29, 0.717) is 22.9 Å². The number of rotatable bonds is 5. The van der Waals surface area contributed by atoms with E-state index in [0.717, 1.165) is 4.90 Å². The number of nitrogens with one attached hydrogen (secondary N) is 1. The number of aromatic nitrogens is 3. The van der Waals surface area contributed by atoms with E-state index in [2.05, 4.69) is 15.0 Å². The summed E-state index contributed by atoms with van der Waals surface area (Å²) in [5, 5.41) is 11.0. The summed E-state index contributed by atoms with van der Waals surface area (Å²) in [7, 11) is 1.34. The number of hydrogen-bond acceptors (Lipinski definition) is 5. The molecule has 2 rings (SSSR count). The number of hydrogen-bond donors (Lipinski definition) is 2. The minimum absolute atomic E-state index is 0.0106. The Hall–Kier alpha value is -1.94. The van der Waals surface area contributed by atoms with Crippen molar-refractivity contribution in [1.82, 2.24) is 19.9 Å². The van der Waals surface area contributed by atoms with Gasteiger partial charge in [0.2, 0.25) is 11.5 Å². The number of alkyl halides is 3. The van der Waals surface area contributed by atoms with Crippen LogP contribution in [-0.2, 0) is 16.9 Å². The average molecular weight is 348 g/mol. The van der Waals surface area contributed by atoms with Crippen molar-refractivity contribution in [2.45, 2.75) is 31.7 Å². The van der Waals surface area contributed by atoms with E-state index >= 15 is 0 Å². The predicted octanol–water partition coefficient (Wildman–Crippen LogP) is 1.97. The van der Waals surface area contributed by atoms with Crippen LogP contribution in [0.4, 0.5) is 13.2 Å². The molecule has 10 heteroatoms. The van der Waals surface area contributed by atoms with Gasteiger partial charge in [0, 0.05) is 30.5 Å². The van der Waals surface area contributed by atoms with Crippen molar-refractivity contribution in [2.75, 3.05) is 7.05 Å². The van der Waals surface area contributed by atoms with Crippen molar-refractivity contribution < 1.29 is 23.1 Å². The van der Waals surface area contributed by atoms with Gasteiger partial charge < -0.3 is 15.0 Å². The summed E-state index contributed by atoms with van der Waals surface area (Å²) in [5.41, 5.74) is -2.95. The van der Waals surface area contributed by atoms with E-state index in [-0.39, 0.29) is 6.54 Å². The number of nitrogens with zero attached hydrogens (tertiary/aromatic N) is 3. The summed E-state index contributed by atoms with van der Waals surface area (Å²) in [4.78, 5) is 23.5. The second-order valence-corrected chi connectivity index (χ2v) is 5.97. The van der Waals surface area contributed by atoms with Crippen LogP contribution >= 0.6 is 11.3 Å². The summed E-state index contributed by atoms with van der Waals surface area (Å²) >= 11 is 0.672. The van der Waals surface area contributed by atoms with Gasteiger partial charge in [-0.1, -0.05) is 0 Å². The van der Waals surface area contributed by atoms with Crippen LogP contribution in [0.15, 0.2) is 17.8 Å². The summed E-state index contributed by atoms with van der Waals surface area (Å²) in [5.74, 6) is -0.435. The predicted molar refractivity (Wildman–Crippen MR) is 76.5 cm³/mol. The Labute approximate surface area is 134 Å². The van der Waals surface area contributed by atoms with Crippen LogP contribution in [0.1, 0.15) is 22.9 Å². The van der Waals surface area contributed by atoms with Crippen molar-refractivity contribution in [3.8, 4) is 0 Å². The Morgan fingerprint density at radius 3 is 2.65 bits per heavy atom. The van der Waals surface area contributed by atoms with Crippen LogP contribution in [0.25, 0.3) is 0 Å². The van der Waals surface area contributed by atoms with Crippen LogP contribution in [0.5, 0.6) is 0 Å². The molecule has 0 fully saturated rings. The van der Waals surface area contributed by atoms with Gasteiger partial charge in [0.1, 0.15) is 10.8 Å². The highest BCUT2D eigenvalue weighted by Crippen LogP contribution is 2.43.